The average molecular weight is 405 g/mol. The van der Waals surface area contributed by atoms with Crippen molar-refractivity contribution in [2.45, 2.75) is 38.3 Å². The molecule has 2 aromatic heterocycles. The van der Waals surface area contributed by atoms with Crippen LogP contribution in [0.3, 0.4) is 0 Å². The average Bonchev–Trinajstić information content (AvgIpc) is 3.37. The quantitative estimate of drug-likeness (QED) is 0.569. The molecule has 9 nitrogen and oxygen atoms in total. The summed E-state index contributed by atoms with van der Waals surface area (Å²) in [5.74, 6) is 2.47. The molecule has 0 amide bonds. The van der Waals surface area contributed by atoms with E-state index in [2.05, 4.69) is 25.5 Å². The third-order valence-electron chi connectivity index (χ3n) is 5.02. The molecular formula is C21H23N7O2. The van der Waals surface area contributed by atoms with Crippen LogP contribution in [-0.4, -0.2) is 39.4 Å². The summed E-state index contributed by atoms with van der Waals surface area (Å²) in [6.45, 7) is 2.00. The molecule has 3 aromatic rings. The van der Waals surface area contributed by atoms with Gasteiger partial charge in [-0.2, -0.15) is 10.4 Å². The van der Waals surface area contributed by atoms with Crippen molar-refractivity contribution >= 4 is 11.6 Å². The van der Waals surface area contributed by atoms with E-state index in [1.165, 1.54) is 12.4 Å². The molecule has 2 atom stereocenters. The van der Waals surface area contributed by atoms with Crippen LogP contribution in [0.25, 0.3) is 11.3 Å². The highest BCUT2D eigenvalue weighted by Crippen LogP contribution is 2.41. The van der Waals surface area contributed by atoms with Gasteiger partial charge in [0.1, 0.15) is 29.5 Å². The van der Waals surface area contributed by atoms with Crippen molar-refractivity contribution in [3.05, 3.63) is 41.9 Å². The number of hydrogen-bond donors (Lipinski definition) is 3. The third-order valence-corrected chi connectivity index (χ3v) is 5.02. The molecule has 0 saturated heterocycles. The molecule has 1 fully saturated rings. The number of ether oxygens (including phenoxy) is 2. The Morgan fingerprint density at radius 2 is 2.00 bits per heavy atom. The lowest BCUT2D eigenvalue weighted by Gasteiger charge is -2.19. The number of aromatic nitrogens is 4. The Hall–Kier alpha value is -3.64. The molecule has 0 unspecified atom stereocenters. The van der Waals surface area contributed by atoms with Crippen molar-refractivity contribution in [2.75, 3.05) is 12.4 Å². The summed E-state index contributed by atoms with van der Waals surface area (Å²) in [5, 5.41) is 19.3. The first-order chi connectivity index (χ1) is 14.6. The molecule has 1 aliphatic rings. The molecule has 0 bridgehead atoms. The van der Waals surface area contributed by atoms with Gasteiger partial charge in [-0.05, 0) is 43.9 Å². The summed E-state index contributed by atoms with van der Waals surface area (Å²) in [5.41, 5.74) is 8.89. The highest BCUT2D eigenvalue weighted by atomic mass is 16.5. The van der Waals surface area contributed by atoms with Crippen molar-refractivity contribution < 1.29 is 9.47 Å². The number of rotatable bonds is 6. The second-order valence-corrected chi connectivity index (χ2v) is 7.34. The molecule has 4 rings (SSSR count). The van der Waals surface area contributed by atoms with Gasteiger partial charge in [0.25, 0.3) is 0 Å². The van der Waals surface area contributed by atoms with Gasteiger partial charge in [0.05, 0.1) is 30.8 Å². The van der Waals surface area contributed by atoms with Crippen molar-refractivity contribution in [2.24, 2.45) is 5.73 Å². The zero-order chi connectivity index (χ0) is 21.1. The predicted octanol–water partition coefficient (Wildman–Crippen LogP) is 3.06. The molecule has 154 valence electrons. The Morgan fingerprint density at radius 3 is 2.67 bits per heavy atom. The van der Waals surface area contributed by atoms with Crippen LogP contribution in [0.2, 0.25) is 0 Å². The lowest BCUT2D eigenvalue weighted by molar-refractivity contribution is 0.208. The number of anilines is 2. The summed E-state index contributed by atoms with van der Waals surface area (Å²) < 4.78 is 12.0. The summed E-state index contributed by atoms with van der Waals surface area (Å²) in [6, 6.07) is 7.93. The normalized spacial score (nSPS) is 18.1. The Morgan fingerprint density at radius 1 is 1.17 bits per heavy atom. The summed E-state index contributed by atoms with van der Waals surface area (Å²) in [7, 11) is 1.63. The number of nitrogens with zero attached hydrogens (tertiary/aromatic N) is 4. The van der Waals surface area contributed by atoms with E-state index in [0.29, 0.717) is 17.4 Å². The molecule has 1 aromatic carbocycles. The number of aromatic amines is 1. The maximum absolute atomic E-state index is 8.84. The minimum Gasteiger partial charge on any atom is -0.496 e. The Balaban J connectivity index is 1.63. The predicted molar refractivity (Wildman–Crippen MR) is 112 cm³/mol. The lowest BCUT2D eigenvalue weighted by Crippen LogP contribution is -2.19. The van der Waals surface area contributed by atoms with Gasteiger partial charge in [0.15, 0.2) is 11.5 Å². The number of aryl methyl sites for hydroxylation is 1. The molecule has 0 radical (unpaired) electrons. The van der Waals surface area contributed by atoms with E-state index in [0.717, 1.165) is 41.8 Å². The number of benzene rings is 1. The SMILES string of the molecule is COc1cc(C)cc(O[C@@H]2CC[C@H](N)C2)c1-c1cc(Nc2cnc(C#N)cn2)n[nH]1. The summed E-state index contributed by atoms with van der Waals surface area (Å²) in [6.07, 6.45) is 5.70. The first-order valence-electron chi connectivity index (χ1n) is 9.71. The van der Waals surface area contributed by atoms with Gasteiger partial charge in [-0.25, -0.2) is 9.97 Å². The Bertz CT molecular complexity index is 1070. The van der Waals surface area contributed by atoms with Crippen LogP contribution in [0, 0.1) is 18.3 Å². The van der Waals surface area contributed by atoms with Crippen LogP contribution < -0.4 is 20.5 Å². The first kappa shape index (κ1) is 19.7. The van der Waals surface area contributed by atoms with E-state index in [9.17, 15) is 0 Å². The van der Waals surface area contributed by atoms with Crippen LogP contribution >= 0.6 is 0 Å². The van der Waals surface area contributed by atoms with Gasteiger partial charge in [0.2, 0.25) is 0 Å². The minimum absolute atomic E-state index is 0.0831. The lowest BCUT2D eigenvalue weighted by atomic mass is 10.1. The van der Waals surface area contributed by atoms with Crippen LogP contribution in [0.5, 0.6) is 11.5 Å². The highest BCUT2D eigenvalue weighted by Gasteiger charge is 2.26. The Kier molecular flexibility index (Phi) is 5.50. The van der Waals surface area contributed by atoms with Gasteiger partial charge in [-0.3, -0.25) is 5.10 Å². The van der Waals surface area contributed by atoms with Crippen LogP contribution in [0.1, 0.15) is 30.5 Å². The monoisotopic (exact) mass is 405 g/mol. The van der Waals surface area contributed by atoms with E-state index in [-0.39, 0.29) is 17.8 Å². The molecule has 1 saturated carbocycles. The van der Waals surface area contributed by atoms with Gasteiger partial charge in [-0.1, -0.05) is 0 Å². The second-order valence-electron chi connectivity index (χ2n) is 7.34. The molecule has 4 N–H and O–H groups in total. The Labute approximate surface area is 174 Å². The fraction of sp³-hybridized carbons (Fsp3) is 0.333. The number of nitrogens with two attached hydrogens (primary N) is 1. The number of H-pyrrole nitrogens is 1. The zero-order valence-electron chi connectivity index (χ0n) is 16.8. The highest BCUT2D eigenvalue weighted by molar-refractivity contribution is 5.77. The number of nitriles is 1. The van der Waals surface area contributed by atoms with Crippen molar-refractivity contribution in [1.82, 2.24) is 20.2 Å². The van der Waals surface area contributed by atoms with Crippen molar-refractivity contribution in [1.29, 1.82) is 5.26 Å². The van der Waals surface area contributed by atoms with Gasteiger partial charge < -0.3 is 20.5 Å². The van der Waals surface area contributed by atoms with E-state index >= 15 is 0 Å². The van der Waals surface area contributed by atoms with Crippen molar-refractivity contribution in [3.8, 4) is 28.8 Å². The third kappa shape index (κ3) is 4.18. The number of nitrogens with one attached hydrogen (secondary N) is 2. The standard InChI is InChI=1S/C21H23N7O2/c1-12-5-17(29-2)21(18(6-12)30-15-4-3-13(23)7-15)16-8-19(28-27-16)26-20-11-24-14(9-22)10-25-20/h5-6,8,10-11,13,15H,3-4,7,23H2,1-2H3,(H2,25,26,27,28)/t13-,15+/m0/s1. The molecular weight excluding hydrogens is 382 g/mol. The van der Waals surface area contributed by atoms with Crippen molar-refractivity contribution in [3.63, 3.8) is 0 Å². The van der Waals surface area contributed by atoms with Gasteiger partial charge in [-0.15, -0.1) is 0 Å². The van der Waals surface area contributed by atoms with Crippen LogP contribution in [-0.2, 0) is 0 Å². The molecule has 0 spiro atoms. The van der Waals surface area contributed by atoms with Crippen LogP contribution in [0.15, 0.2) is 30.6 Å². The number of methoxy groups -OCH3 is 1. The maximum atomic E-state index is 8.84. The largest absolute Gasteiger partial charge is 0.496 e. The first-order valence-corrected chi connectivity index (χ1v) is 9.71. The van der Waals surface area contributed by atoms with Gasteiger partial charge >= 0.3 is 0 Å². The summed E-state index contributed by atoms with van der Waals surface area (Å²) >= 11 is 0. The van der Waals surface area contributed by atoms with E-state index < -0.39 is 0 Å². The molecule has 0 aliphatic heterocycles. The zero-order valence-corrected chi connectivity index (χ0v) is 16.8. The maximum Gasteiger partial charge on any atom is 0.158 e. The molecule has 9 heteroatoms. The smallest absolute Gasteiger partial charge is 0.158 e. The topological polar surface area (TPSA) is 135 Å². The van der Waals surface area contributed by atoms with E-state index in [1.54, 1.807) is 7.11 Å². The molecule has 1 aliphatic carbocycles. The summed E-state index contributed by atoms with van der Waals surface area (Å²) in [4.78, 5) is 8.15. The second kappa shape index (κ2) is 8.39. The minimum atomic E-state index is 0.0831. The fourth-order valence-electron chi connectivity index (χ4n) is 3.60. The van der Waals surface area contributed by atoms with Crippen LogP contribution in [0.4, 0.5) is 11.6 Å². The van der Waals surface area contributed by atoms with E-state index in [4.69, 9.17) is 20.5 Å². The molecule has 30 heavy (non-hydrogen) atoms. The number of hydrogen-bond acceptors (Lipinski definition) is 8. The molecule has 2 heterocycles. The van der Waals surface area contributed by atoms with E-state index in [1.807, 2.05) is 31.2 Å². The van der Waals surface area contributed by atoms with Gasteiger partial charge in [0, 0.05) is 12.1 Å². The fourth-order valence-corrected chi connectivity index (χ4v) is 3.60.